The molecule has 6 nitrogen and oxygen atoms in total. The van der Waals surface area contributed by atoms with Gasteiger partial charge in [-0.15, -0.1) is 0 Å². The number of amides is 3. The number of aliphatic hydroxyl groups excluding tert-OH is 1. The minimum absolute atomic E-state index is 0.0368. The van der Waals surface area contributed by atoms with Crippen molar-refractivity contribution in [2.45, 2.75) is 6.42 Å². The van der Waals surface area contributed by atoms with Gasteiger partial charge in [-0.1, -0.05) is 17.9 Å². The zero-order valence-corrected chi connectivity index (χ0v) is 11.5. The molecule has 1 saturated heterocycles. The van der Waals surface area contributed by atoms with Crippen LogP contribution in [0.4, 0.5) is 4.79 Å². The van der Waals surface area contributed by atoms with E-state index < -0.39 is 0 Å². The second kappa shape index (κ2) is 7.31. The predicted molar refractivity (Wildman–Crippen MR) is 75.6 cm³/mol. The monoisotopic (exact) mass is 288 g/mol. The predicted octanol–water partition coefficient (Wildman–Crippen LogP) is 0.351. The topological polar surface area (TPSA) is 78.9 Å². The molecule has 2 N–H and O–H groups in total. The summed E-state index contributed by atoms with van der Waals surface area (Å²) in [5, 5.41) is 11.1. The molecular weight excluding hydrogens is 272 g/mol. The lowest BCUT2D eigenvalue weighted by Crippen LogP contribution is -2.34. The molecule has 0 bridgehead atoms. The Bertz CT molecular complexity index is 573. The second-order valence-corrected chi connectivity index (χ2v) is 4.36. The first-order valence-corrected chi connectivity index (χ1v) is 6.61. The molecule has 1 aliphatic rings. The first-order valence-electron chi connectivity index (χ1n) is 6.61. The molecule has 0 aliphatic carbocycles. The van der Waals surface area contributed by atoms with Gasteiger partial charge in [-0.25, -0.2) is 4.79 Å². The van der Waals surface area contributed by atoms with Crippen molar-refractivity contribution in [3.63, 3.8) is 0 Å². The number of ether oxygens (including phenoxy) is 1. The molecule has 21 heavy (non-hydrogen) atoms. The summed E-state index contributed by atoms with van der Waals surface area (Å²) in [5.41, 5.74) is 0.788. The maximum Gasteiger partial charge on any atom is 0.324 e. The van der Waals surface area contributed by atoms with Crippen molar-refractivity contribution in [2.75, 3.05) is 26.3 Å². The van der Waals surface area contributed by atoms with Crippen LogP contribution in [0.25, 0.3) is 0 Å². The van der Waals surface area contributed by atoms with Crippen LogP contribution in [-0.2, 0) is 4.79 Å². The highest BCUT2D eigenvalue weighted by molar-refractivity contribution is 6.01. The highest BCUT2D eigenvalue weighted by Crippen LogP contribution is 2.12. The van der Waals surface area contributed by atoms with E-state index in [1.165, 1.54) is 0 Å². The van der Waals surface area contributed by atoms with Crippen LogP contribution >= 0.6 is 0 Å². The number of imide groups is 1. The SMILES string of the molecule is O=C1CNC(=O)N1CCOc1cccc(C#CCCO)c1. The van der Waals surface area contributed by atoms with Gasteiger partial charge in [0.15, 0.2) is 0 Å². The van der Waals surface area contributed by atoms with Gasteiger partial charge >= 0.3 is 6.03 Å². The van der Waals surface area contributed by atoms with Crippen LogP contribution in [0.5, 0.6) is 5.75 Å². The van der Waals surface area contributed by atoms with Gasteiger partial charge < -0.3 is 15.2 Å². The molecule has 0 unspecified atom stereocenters. The standard InChI is InChI=1S/C15H16N2O4/c18-8-2-1-4-12-5-3-6-13(10-12)21-9-7-17-14(19)11-16-15(17)20/h3,5-6,10,18H,2,7-9,11H2,(H,16,20). The molecule has 1 aromatic carbocycles. The lowest BCUT2D eigenvalue weighted by atomic mass is 10.2. The number of benzene rings is 1. The van der Waals surface area contributed by atoms with Gasteiger partial charge in [-0.3, -0.25) is 9.69 Å². The zero-order chi connectivity index (χ0) is 15.1. The molecule has 1 aliphatic heterocycles. The summed E-state index contributed by atoms with van der Waals surface area (Å²) in [6, 6.07) is 6.83. The van der Waals surface area contributed by atoms with E-state index in [1.54, 1.807) is 12.1 Å². The Balaban J connectivity index is 1.86. The molecule has 110 valence electrons. The number of urea groups is 1. The van der Waals surface area contributed by atoms with E-state index in [9.17, 15) is 9.59 Å². The van der Waals surface area contributed by atoms with Gasteiger partial charge in [0.05, 0.1) is 19.7 Å². The van der Waals surface area contributed by atoms with Gasteiger partial charge in [-0.2, -0.15) is 0 Å². The van der Waals surface area contributed by atoms with E-state index in [4.69, 9.17) is 9.84 Å². The first-order chi connectivity index (χ1) is 10.2. The fourth-order valence-electron chi connectivity index (χ4n) is 1.82. The fraction of sp³-hybridized carbons (Fsp3) is 0.333. The number of hydrogen-bond donors (Lipinski definition) is 2. The maximum absolute atomic E-state index is 11.4. The third-order valence-electron chi connectivity index (χ3n) is 2.82. The Morgan fingerprint density at radius 3 is 2.95 bits per heavy atom. The lowest BCUT2D eigenvalue weighted by molar-refractivity contribution is -0.125. The van der Waals surface area contributed by atoms with Crippen molar-refractivity contribution in [1.82, 2.24) is 10.2 Å². The third-order valence-corrected chi connectivity index (χ3v) is 2.82. The van der Waals surface area contributed by atoms with Crippen LogP contribution < -0.4 is 10.1 Å². The molecule has 2 rings (SSSR count). The third kappa shape index (κ3) is 4.23. The molecule has 6 heteroatoms. The Kier molecular flexibility index (Phi) is 5.18. The van der Waals surface area contributed by atoms with Crippen LogP contribution in [0.1, 0.15) is 12.0 Å². The lowest BCUT2D eigenvalue weighted by Gasteiger charge is -2.13. The van der Waals surface area contributed by atoms with Crippen LogP contribution in [-0.4, -0.2) is 48.2 Å². The molecule has 1 heterocycles. The summed E-state index contributed by atoms with van der Waals surface area (Å²) in [7, 11) is 0. The number of nitrogens with zero attached hydrogens (tertiary/aromatic N) is 1. The minimum Gasteiger partial charge on any atom is -0.492 e. The summed E-state index contributed by atoms with van der Waals surface area (Å²) in [5.74, 6) is 6.12. The zero-order valence-electron chi connectivity index (χ0n) is 11.5. The van der Waals surface area contributed by atoms with Gasteiger partial charge in [0.2, 0.25) is 5.91 Å². The molecule has 0 aromatic heterocycles. The number of nitrogens with one attached hydrogen (secondary N) is 1. The van der Waals surface area contributed by atoms with Crippen LogP contribution in [0.3, 0.4) is 0 Å². The van der Waals surface area contributed by atoms with Crippen LogP contribution in [0.15, 0.2) is 24.3 Å². The van der Waals surface area contributed by atoms with Gasteiger partial charge in [-0.05, 0) is 18.2 Å². The smallest absolute Gasteiger partial charge is 0.324 e. The molecule has 3 amide bonds. The van der Waals surface area contributed by atoms with E-state index in [0.717, 1.165) is 10.5 Å². The maximum atomic E-state index is 11.4. The Labute approximate surface area is 122 Å². The van der Waals surface area contributed by atoms with Crippen molar-refractivity contribution >= 4 is 11.9 Å². The van der Waals surface area contributed by atoms with Crippen molar-refractivity contribution < 1.29 is 19.4 Å². The second-order valence-electron chi connectivity index (χ2n) is 4.36. The van der Waals surface area contributed by atoms with Gasteiger partial charge in [0.1, 0.15) is 12.4 Å². The molecule has 1 aromatic rings. The molecular formula is C15H16N2O4. The Morgan fingerprint density at radius 1 is 1.38 bits per heavy atom. The van der Waals surface area contributed by atoms with E-state index in [-0.39, 0.29) is 38.2 Å². The van der Waals surface area contributed by atoms with E-state index >= 15 is 0 Å². The van der Waals surface area contributed by atoms with E-state index in [0.29, 0.717) is 12.2 Å². The summed E-state index contributed by atoms with van der Waals surface area (Å²) >= 11 is 0. The van der Waals surface area contributed by atoms with Gasteiger partial charge in [0, 0.05) is 12.0 Å². The highest BCUT2D eigenvalue weighted by Gasteiger charge is 2.27. The number of carbonyl (C=O) groups is 2. The Hall–Kier alpha value is -2.52. The van der Waals surface area contributed by atoms with Crippen molar-refractivity contribution in [3.05, 3.63) is 29.8 Å². The molecule has 0 saturated carbocycles. The summed E-state index contributed by atoms with van der Waals surface area (Å²) in [6.07, 6.45) is 0.428. The highest BCUT2D eigenvalue weighted by atomic mass is 16.5. The summed E-state index contributed by atoms with van der Waals surface area (Å²) < 4.78 is 5.52. The van der Waals surface area contributed by atoms with Crippen LogP contribution in [0, 0.1) is 11.8 Å². The molecule has 0 radical (unpaired) electrons. The largest absolute Gasteiger partial charge is 0.492 e. The normalized spacial score (nSPS) is 13.7. The van der Waals surface area contributed by atoms with Crippen LogP contribution in [0.2, 0.25) is 0 Å². The number of carbonyl (C=O) groups excluding carboxylic acids is 2. The number of aliphatic hydroxyl groups is 1. The summed E-state index contributed by atoms with van der Waals surface area (Å²) in [6.45, 7) is 0.529. The van der Waals surface area contributed by atoms with Gasteiger partial charge in [0.25, 0.3) is 0 Å². The number of rotatable bonds is 5. The van der Waals surface area contributed by atoms with E-state index in [1.807, 2.05) is 12.1 Å². The van der Waals surface area contributed by atoms with Crippen molar-refractivity contribution in [1.29, 1.82) is 0 Å². The Morgan fingerprint density at radius 2 is 2.24 bits per heavy atom. The van der Waals surface area contributed by atoms with Crippen molar-refractivity contribution in [3.8, 4) is 17.6 Å². The quantitative estimate of drug-likeness (QED) is 0.605. The van der Waals surface area contributed by atoms with Crippen molar-refractivity contribution in [2.24, 2.45) is 0 Å². The molecule has 1 fully saturated rings. The van der Waals surface area contributed by atoms with E-state index in [2.05, 4.69) is 17.2 Å². The molecule has 0 spiro atoms. The molecule has 0 atom stereocenters. The number of hydrogen-bond acceptors (Lipinski definition) is 4. The summed E-state index contributed by atoms with van der Waals surface area (Å²) in [4.78, 5) is 23.8. The fourth-order valence-corrected chi connectivity index (χ4v) is 1.82. The minimum atomic E-state index is -0.382. The first kappa shape index (κ1) is 14.9. The average Bonchev–Trinajstić information content (AvgIpc) is 2.80. The average molecular weight is 288 g/mol.